The highest BCUT2D eigenvalue weighted by atomic mass is 16.3. The lowest BCUT2D eigenvalue weighted by atomic mass is 9.79. The first-order valence-corrected chi connectivity index (χ1v) is 16.9. The second kappa shape index (κ2) is 13.6. The number of rotatable bonds is 10. The van der Waals surface area contributed by atoms with Crippen LogP contribution >= 0.6 is 0 Å². The summed E-state index contributed by atoms with van der Waals surface area (Å²) >= 11 is 0. The van der Waals surface area contributed by atoms with Crippen molar-refractivity contribution >= 4 is 18.4 Å². The standard InChI is InChI=1S/C38H57N5O2/c1-11-41-17-18-43-20-19-42(35(41)43)16-12-13-27-21-30(36(2,3)4)22-28(33(27)44)25-39-14-15-40-26-29-23-31(37(5,6)7)24-32(34(29)45)38(8,9)10/h21-26H,11-20H2,1-10H3,(H-,39,40,44,45)/p+1. The molecule has 0 radical (unpaired) electrons. The van der Waals surface area contributed by atoms with E-state index >= 15 is 0 Å². The summed E-state index contributed by atoms with van der Waals surface area (Å²) in [6, 6.07) is 8.42. The van der Waals surface area contributed by atoms with Gasteiger partial charge in [-0.15, -0.1) is 0 Å². The van der Waals surface area contributed by atoms with Crippen LogP contribution in [-0.2, 0) is 22.7 Å². The van der Waals surface area contributed by atoms with Gasteiger partial charge in [-0.25, -0.2) is 0 Å². The van der Waals surface area contributed by atoms with E-state index in [0.717, 1.165) is 74.4 Å². The highest BCUT2D eigenvalue weighted by molar-refractivity contribution is 5.86. The highest BCUT2D eigenvalue weighted by Crippen LogP contribution is 2.37. The Bertz CT molecular complexity index is 1450. The van der Waals surface area contributed by atoms with Gasteiger partial charge in [0.2, 0.25) is 0 Å². The van der Waals surface area contributed by atoms with E-state index in [2.05, 4.69) is 112 Å². The van der Waals surface area contributed by atoms with E-state index in [1.165, 1.54) is 17.1 Å². The van der Waals surface area contributed by atoms with Crippen LogP contribution in [0.4, 0.5) is 0 Å². The summed E-state index contributed by atoms with van der Waals surface area (Å²) in [5.41, 5.74) is 5.55. The molecule has 0 unspecified atom stereocenters. The third-order valence-electron chi connectivity index (χ3n) is 9.10. The Hall–Kier alpha value is -3.35. The summed E-state index contributed by atoms with van der Waals surface area (Å²) in [4.78, 5) is 14.3. The van der Waals surface area contributed by atoms with Crippen molar-refractivity contribution in [3.05, 3.63) is 57.6 Å². The molecule has 2 aliphatic rings. The van der Waals surface area contributed by atoms with Crippen molar-refractivity contribution in [1.82, 2.24) is 9.80 Å². The molecule has 0 atom stereocenters. The van der Waals surface area contributed by atoms with Gasteiger partial charge in [-0.1, -0.05) is 74.4 Å². The minimum absolute atomic E-state index is 0.0381. The number of likely N-dealkylation sites (N-methyl/N-ethyl adjacent to an activating group) is 1. The van der Waals surface area contributed by atoms with Gasteiger partial charge >= 0.3 is 5.96 Å². The molecular weight excluding hydrogens is 558 g/mol. The number of nitrogens with zero attached hydrogens (tertiary/aromatic N) is 5. The number of hydrogen-bond acceptors (Lipinski definition) is 6. The molecule has 0 bridgehead atoms. The Morgan fingerprint density at radius 2 is 1.27 bits per heavy atom. The smallest absolute Gasteiger partial charge is 0.350 e. The third kappa shape index (κ3) is 8.28. The largest absolute Gasteiger partial charge is 0.507 e. The predicted octanol–water partition coefficient (Wildman–Crippen LogP) is 6.48. The van der Waals surface area contributed by atoms with Crippen molar-refractivity contribution in [3.63, 3.8) is 0 Å². The summed E-state index contributed by atoms with van der Waals surface area (Å²) in [6.45, 7) is 29.3. The number of phenols is 2. The van der Waals surface area contributed by atoms with E-state index in [1.807, 2.05) is 6.07 Å². The zero-order chi connectivity index (χ0) is 33.2. The lowest BCUT2D eigenvalue weighted by Gasteiger charge is -2.26. The van der Waals surface area contributed by atoms with Crippen LogP contribution in [0, 0.1) is 0 Å². The monoisotopic (exact) mass is 616 g/mol. The maximum atomic E-state index is 11.3. The first-order valence-electron chi connectivity index (χ1n) is 16.9. The quantitative estimate of drug-likeness (QED) is 0.182. The molecule has 0 aromatic heterocycles. The Labute approximate surface area is 272 Å². The second-order valence-corrected chi connectivity index (χ2v) is 15.8. The van der Waals surface area contributed by atoms with Gasteiger partial charge in [-0.2, -0.15) is 0 Å². The molecule has 2 aromatic carbocycles. The lowest BCUT2D eigenvalue weighted by molar-refractivity contribution is -0.508. The third-order valence-corrected chi connectivity index (χ3v) is 9.10. The summed E-state index contributed by atoms with van der Waals surface area (Å²) in [6.07, 6.45) is 5.38. The van der Waals surface area contributed by atoms with Crippen molar-refractivity contribution in [1.29, 1.82) is 0 Å². The molecule has 2 heterocycles. The van der Waals surface area contributed by atoms with Gasteiger partial charge in [-0.05, 0) is 64.8 Å². The number of aryl methyl sites for hydroxylation is 1. The number of phenolic OH excluding ortho intramolecular Hbond substituents is 2. The fraction of sp³-hybridized carbons (Fsp3) is 0.605. The normalized spacial score (nSPS) is 16.2. The van der Waals surface area contributed by atoms with Crippen molar-refractivity contribution in [3.8, 4) is 11.5 Å². The molecule has 4 rings (SSSR count). The van der Waals surface area contributed by atoms with Gasteiger partial charge in [0.15, 0.2) is 0 Å². The summed E-state index contributed by atoms with van der Waals surface area (Å²) in [5, 5.41) is 22.3. The fourth-order valence-electron chi connectivity index (χ4n) is 6.21. The minimum atomic E-state index is -0.179. The van der Waals surface area contributed by atoms with E-state index in [-0.39, 0.29) is 16.2 Å². The number of benzene rings is 2. The van der Waals surface area contributed by atoms with E-state index in [0.29, 0.717) is 24.6 Å². The van der Waals surface area contributed by atoms with Crippen molar-refractivity contribution in [2.75, 3.05) is 52.4 Å². The van der Waals surface area contributed by atoms with Crippen molar-refractivity contribution < 1.29 is 14.8 Å². The van der Waals surface area contributed by atoms with Gasteiger partial charge < -0.3 is 10.2 Å². The molecule has 0 aliphatic carbocycles. The Kier molecular flexibility index (Phi) is 10.4. The molecule has 246 valence electrons. The highest BCUT2D eigenvalue weighted by Gasteiger charge is 2.38. The molecule has 0 saturated heterocycles. The maximum Gasteiger partial charge on any atom is 0.350 e. The number of guanidine groups is 1. The summed E-state index contributed by atoms with van der Waals surface area (Å²) in [5.74, 6) is 2.03. The van der Waals surface area contributed by atoms with Crippen LogP contribution < -0.4 is 0 Å². The molecule has 0 spiro atoms. The van der Waals surface area contributed by atoms with E-state index < -0.39 is 0 Å². The second-order valence-electron chi connectivity index (χ2n) is 15.8. The van der Waals surface area contributed by atoms with Crippen LogP contribution in [-0.4, -0.2) is 95.3 Å². The molecular formula is C38H58N5O2+. The maximum absolute atomic E-state index is 11.3. The van der Waals surface area contributed by atoms with E-state index in [4.69, 9.17) is 0 Å². The average Bonchev–Trinajstić information content (AvgIpc) is 3.53. The van der Waals surface area contributed by atoms with Gasteiger partial charge in [0.05, 0.1) is 52.4 Å². The average molecular weight is 617 g/mol. The fourth-order valence-corrected chi connectivity index (χ4v) is 6.21. The van der Waals surface area contributed by atoms with Crippen molar-refractivity contribution in [2.24, 2.45) is 9.98 Å². The van der Waals surface area contributed by atoms with Gasteiger partial charge in [0.1, 0.15) is 11.5 Å². The molecule has 0 fully saturated rings. The zero-order valence-electron chi connectivity index (χ0n) is 29.7. The number of hydrogen-bond donors (Lipinski definition) is 2. The van der Waals surface area contributed by atoms with Gasteiger partial charge in [0, 0.05) is 29.1 Å². The van der Waals surface area contributed by atoms with Gasteiger partial charge in [-0.3, -0.25) is 24.4 Å². The first kappa shape index (κ1) is 34.5. The van der Waals surface area contributed by atoms with Crippen LogP contribution in [0.5, 0.6) is 11.5 Å². The van der Waals surface area contributed by atoms with E-state index in [1.54, 1.807) is 12.4 Å². The molecule has 0 saturated carbocycles. The van der Waals surface area contributed by atoms with Crippen LogP contribution in [0.15, 0.2) is 34.3 Å². The molecule has 2 aromatic rings. The van der Waals surface area contributed by atoms with Crippen molar-refractivity contribution in [2.45, 2.75) is 98.3 Å². The minimum Gasteiger partial charge on any atom is -0.507 e. The molecule has 0 amide bonds. The topological polar surface area (TPSA) is 74.7 Å². The van der Waals surface area contributed by atoms with Crippen LogP contribution in [0.1, 0.15) is 109 Å². The number of aromatic hydroxyl groups is 2. The van der Waals surface area contributed by atoms with Crippen LogP contribution in [0.3, 0.4) is 0 Å². The summed E-state index contributed by atoms with van der Waals surface area (Å²) < 4.78 is 2.51. The Morgan fingerprint density at radius 3 is 1.80 bits per heavy atom. The van der Waals surface area contributed by atoms with Gasteiger partial charge in [0.25, 0.3) is 0 Å². The van der Waals surface area contributed by atoms with E-state index in [9.17, 15) is 10.2 Å². The predicted molar refractivity (Wildman–Crippen MR) is 189 cm³/mol. The molecule has 2 aliphatic heterocycles. The Balaban J connectivity index is 1.44. The SMILES string of the molecule is CCN1CC[N+]2=C1N(CCCc1cc(C(C)(C)C)cc(C=NCCN=Cc3cc(C(C)(C)C)cc(C(C)(C)C)c3O)c1O)CC2. The Morgan fingerprint density at radius 1 is 0.733 bits per heavy atom. The lowest BCUT2D eigenvalue weighted by Crippen LogP contribution is -2.41. The molecule has 2 N–H and O–H groups in total. The molecule has 7 heteroatoms. The zero-order valence-corrected chi connectivity index (χ0v) is 29.7. The van der Waals surface area contributed by atoms with Crippen LogP contribution in [0.2, 0.25) is 0 Å². The molecule has 7 nitrogen and oxygen atoms in total. The first-order chi connectivity index (χ1) is 21.0. The molecule has 45 heavy (non-hydrogen) atoms. The number of aliphatic imine (C=N–C) groups is 2. The summed E-state index contributed by atoms with van der Waals surface area (Å²) in [7, 11) is 0. The van der Waals surface area contributed by atoms with Crippen LogP contribution in [0.25, 0.3) is 0 Å².